The van der Waals surface area contributed by atoms with E-state index < -0.39 is 12.1 Å². The number of hydrogen-bond donors (Lipinski definition) is 3. The molecule has 0 aliphatic carbocycles. The second-order valence-corrected chi connectivity index (χ2v) is 20.7. The second kappa shape index (κ2) is 58.4. The first-order valence-electron chi connectivity index (χ1n) is 30.4. The molecule has 0 aliphatic heterocycles. The van der Waals surface area contributed by atoms with Gasteiger partial charge in [0.1, 0.15) is 0 Å². The normalized spacial score (nSPS) is 12.9. The molecule has 0 aromatic rings. The lowest BCUT2D eigenvalue weighted by molar-refractivity contribution is -0.143. The number of allylic oxidation sites excluding steroid dienone is 7. The lowest BCUT2D eigenvalue weighted by atomic mass is 10.0. The molecule has 0 fully saturated rings. The Morgan fingerprint density at radius 3 is 1.14 bits per heavy atom. The molecule has 0 rings (SSSR count). The summed E-state index contributed by atoms with van der Waals surface area (Å²) in [6.45, 7) is 4.86. The van der Waals surface area contributed by atoms with Gasteiger partial charge in [-0.05, 0) is 89.9 Å². The van der Waals surface area contributed by atoms with Gasteiger partial charge in [0.25, 0.3) is 0 Å². The lowest BCUT2D eigenvalue weighted by Crippen LogP contribution is -2.45. The van der Waals surface area contributed by atoms with Crippen molar-refractivity contribution in [1.82, 2.24) is 5.32 Å². The number of aliphatic hydroxyl groups is 2. The third-order valence-corrected chi connectivity index (χ3v) is 13.8. The molecule has 6 nitrogen and oxygen atoms in total. The van der Waals surface area contributed by atoms with Crippen molar-refractivity contribution in [1.29, 1.82) is 0 Å². The van der Waals surface area contributed by atoms with Crippen LogP contribution in [-0.4, -0.2) is 47.4 Å². The smallest absolute Gasteiger partial charge is 0.305 e. The van der Waals surface area contributed by atoms with Gasteiger partial charge in [0.05, 0.1) is 25.4 Å². The molecule has 1 amide bonds. The summed E-state index contributed by atoms with van der Waals surface area (Å²) < 4.78 is 5.46. The van der Waals surface area contributed by atoms with E-state index in [2.05, 4.69) is 55.6 Å². The Bertz CT molecular complexity index is 1160. The Kier molecular flexibility index (Phi) is 56.5. The number of amides is 1. The summed E-state index contributed by atoms with van der Waals surface area (Å²) in [5, 5.41) is 23.0. The van der Waals surface area contributed by atoms with Crippen LogP contribution in [0.2, 0.25) is 0 Å². The monoisotopic (exact) mass is 968 g/mol. The first-order chi connectivity index (χ1) is 34.0. The molecular formula is C63H117NO5. The maximum atomic E-state index is 12.4. The quantitative estimate of drug-likeness (QED) is 0.0321. The zero-order valence-electron chi connectivity index (χ0n) is 46.0. The van der Waals surface area contributed by atoms with Crippen LogP contribution < -0.4 is 5.32 Å². The maximum Gasteiger partial charge on any atom is 0.305 e. The highest BCUT2D eigenvalue weighted by atomic mass is 16.5. The van der Waals surface area contributed by atoms with Crippen LogP contribution in [0, 0.1) is 0 Å². The number of unbranched alkanes of at least 4 members (excludes halogenated alkanes) is 39. The van der Waals surface area contributed by atoms with Crippen molar-refractivity contribution in [3.63, 3.8) is 0 Å². The average Bonchev–Trinajstić information content (AvgIpc) is 3.35. The van der Waals surface area contributed by atoms with Crippen LogP contribution in [0.5, 0.6) is 0 Å². The molecule has 404 valence electrons. The van der Waals surface area contributed by atoms with Gasteiger partial charge in [-0.1, -0.05) is 262 Å². The summed E-state index contributed by atoms with van der Waals surface area (Å²) in [6, 6.07) is -0.628. The zero-order valence-corrected chi connectivity index (χ0v) is 46.0. The number of carbonyl (C=O) groups is 2. The Morgan fingerprint density at radius 2 is 0.725 bits per heavy atom. The van der Waals surface area contributed by atoms with Gasteiger partial charge in [-0.2, -0.15) is 0 Å². The Morgan fingerprint density at radius 1 is 0.406 bits per heavy atom. The molecule has 0 saturated carbocycles. The van der Waals surface area contributed by atoms with E-state index in [9.17, 15) is 19.8 Å². The topological polar surface area (TPSA) is 95.9 Å². The number of nitrogens with one attached hydrogen (secondary N) is 1. The van der Waals surface area contributed by atoms with Crippen molar-refractivity contribution >= 4 is 11.9 Å². The van der Waals surface area contributed by atoms with E-state index in [4.69, 9.17) is 4.74 Å². The van der Waals surface area contributed by atoms with Crippen LogP contribution in [-0.2, 0) is 14.3 Å². The molecule has 0 saturated heterocycles. The second-order valence-electron chi connectivity index (χ2n) is 20.7. The molecule has 0 aromatic heterocycles. The lowest BCUT2D eigenvalue weighted by Gasteiger charge is -2.20. The summed E-state index contributed by atoms with van der Waals surface area (Å²) in [5.74, 6) is -0.0693. The highest BCUT2D eigenvalue weighted by Crippen LogP contribution is 2.16. The van der Waals surface area contributed by atoms with Gasteiger partial charge in [0, 0.05) is 12.8 Å². The Labute approximate surface area is 429 Å². The van der Waals surface area contributed by atoms with E-state index in [1.165, 1.54) is 238 Å². The zero-order chi connectivity index (χ0) is 50.0. The van der Waals surface area contributed by atoms with Crippen molar-refractivity contribution in [2.24, 2.45) is 0 Å². The molecule has 2 unspecified atom stereocenters. The van der Waals surface area contributed by atoms with Gasteiger partial charge in [0.2, 0.25) is 5.91 Å². The molecule has 0 aromatic carbocycles. The summed E-state index contributed by atoms with van der Waals surface area (Å²) >= 11 is 0. The molecule has 0 heterocycles. The Hall–Kier alpha value is -2.18. The summed E-state index contributed by atoms with van der Waals surface area (Å²) in [6.07, 6.45) is 74.4. The molecule has 2 atom stereocenters. The summed E-state index contributed by atoms with van der Waals surface area (Å²) in [4.78, 5) is 24.4. The fraction of sp³-hybridized carbons (Fsp3) is 0.841. The van der Waals surface area contributed by atoms with Crippen LogP contribution in [0.1, 0.15) is 316 Å². The molecule has 0 radical (unpaired) electrons. The Balaban J connectivity index is 3.42. The minimum absolute atomic E-state index is 0.00100. The number of ether oxygens (including phenoxy) is 1. The van der Waals surface area contributed by atoms with Gasteiger partial charge >= 0.3 is 5.97 Å². The standard InChI is InChI=1S/C63H117NO5/c1-3-5-7-9-11-13-15-37-41-45-49-53-57-63(68)69-58-54-50-46-42-38-34-32-30-28-26-24-22-20-18-16-17-19-21-23-25-27-29-31-33-36-40-44-48-52-56-62(67)64-60(59-65)61(66)55-51-47-43-39-35-14-12-10-8-6-4-2/h11,13,16,18,22,24,51,55,60-61,65-66H,3-10,12,14-15,17,19-21,23,25-50,52-54,56-59H2,1-2H3,(H,64,67)/b13-11-,18-16-,24-22-,55-51+. The third-order valence-electron chi connectivity index (χ3n) is 13.8. The number of rotatable bonds is 56. The third kappa shape index (κ3) is 55.0. The highest BCUT2D eigenvalue weighted by molar-refractivity contribution is 5.76. The predicted octanol–water partition coefficient (Wildman–Crippen LogP) is 19.0. The van der Waals surface area contributed by atoms with Gasteiger partial charge in [-0.25, -0.2) is 0 Å². The minimum atomic E-state index is -0.844. The van der Waals surface area contributed by atoms with Gasteiger partial charge in [-0.3, -0.25) is 9.59 Å². The fourth-order valence-electron chi connectivity index (χ4n) is 9.13. The molecule has 6 heteroatoms. The van der Waals surface area contributed by atoms with Gasteiger partial charge in [-0.15, -0.1) is 0 Å². The van der Waals surface area contributed by atoms with Gasteiger partial charge in [0.15, 0.2) is 0 Å². The van der Waals surface area contributed by atoms with E-state index in [-0.39, 0.29) is 18.5 Å². The van der Waals surface area contributed by atoms with E-state index in [0.717, 1.165) is 51.4 Å². The van der Waals surface area contributed by atoms with E-state index in [1.54, 1.807) is 6.08 Å². The summed E-state index contributed by atoms with van der Waals surface area (Å²) in [7, 11) is 0. The van der Waals surface area contributed by atoms with Crippen LogP contribution in [0.15, 0.2) is 48.6 Å². The number of carbonyl (C=O) groups excluding carboxylic acids is 2. The largest absolute Gasteiger partial charge is 0.466 e. The van der Waals surface area contributed by atoms with E-state index in [0.29, 0.717) is 19.4 Å². The van der Waals surface area contributed by atoms with Crippen molar-refractivity contribution in [2.45, 2.75) is 328 Å². The van der Waals surface area contributed by atoms with Crippen molar-refractivity contribution < 1.29 is 24.5 Å². The fourth-order valence-corrected chi connectivity index (χ4v) is 9.13. The maximum absolute atomic E-state index is 12.4. The van der Waals surface area contributed by atoms with Crippen LogP contribution >= 0.6 is 0 Å². The van der Waals surface area contributed by atoms with Crippen molar-refractivity contribution in [3.05, 3.63) is 48.6 Å². The first-order valence-corrected chi connectivity index (χ1v) is 30.4. The van der Waals surface area contributed by atoms with Crippen molar-refractivity contribution in [2.75, 3.05) is 13.2 Å². The van der Waals surface area contributed by atoms with Crippen molar-refractivity contribution in [3.8, 4) is 0 Å². The first kappa shape index (κ1) is 66.8. The molecule has 0 spiro atoms. The summed E-state index contributed by atoms with van der Waals surface area (Å²) in [5.41, 5.74) is 0. The molecule has 0 bridgehead atoms. The van der Waals surface area contributed by atoms with Gasteiger partial charge < -0.3 is 20.3 Å². The average molecular weight is 969 g/mol. The van der Waals surface area contributed by atoms with E-state index >= 15 is 0 Å². The molecular weight excluding hydrogens is 851 g/mol. The number of hydrogen-bond acceptors (Lipinski definition) is 5. The van der Waals surface area contributed by atoms with Crippen LogP contribution in [0.25, 0.3) is 0 Å². The molecule has 0 aliphatic rings. The highest BCUT2D eigenvalue weighted by Gasteiger charge is 2.18. The number of aliphatic hydroxyl groups excluding tert-OH is 2. The molecule has 3 N–H and O–H groups in total. The predicted molar refractivity (Wildman–Crippen MR) is 301 cm³/mol. The van der Waals surface area contributed by atoms with E-state index in [1.807, 2.05) is 6.08 Å². The minimum Gasteiger partial charge on any atom is -0.466 e. The SMILES string of the molecule is CCCCC/C=C\CCCCCCCC(=O)OCCCCCCCCCCC/C=C\C/C=C\CCCCCCCCCCCCCCCC(=O)NC(CO)C(O)/C=C/CCCCCCCCCCC. The van der Waals surface area contributed by atoms with Crippen LogP contribution in [0.3, 0.4) is 0 Å². The molecule has 69 heavy (non-hydrogen) atoms. The van der Waals surface area contributed by atoms with Crippen LogP contribution in [0.4, 0.5) is 0 Å². The number of esters is 1.